The Morgan fingerprint density at radius 1 is 1.16 bits per heavy atom. The highest BCUT2D eigenvalue weighted by atomic mass is 16.5. The van der Waals surface area contributed by atoms with Gasteiger partial charge in [0, 0.05) is 25.4 Å². The molecule has 1 unspecified atom stereocenters. The number of amides is 2. The molecule has 1 spiro atoms. The van der Waals surface area contributed by atoms with E-state index in [2.05, 4.69) is 4.90 Å². The average Bonchev–Trinajstić information content (AvgIpc) is 2.55. The van der Waals surface area contributed by atoms with Crippen molar-refractivity contribution in [3.63, 3.8) is 0 Å². The molecule has 7 heteroatoms. The molecule has 1 atom stereocenters. The average molecular weight is 353 g/mol. The quantitative estimate of drug-likeness (QED) is 0.751. The summed E-state index contributed by atoms with van der Waals surface area (Å²) in [6.45, 7) is 5.77. The van der Waals surface area contributed by atoms with Crippen molar-refractivity contribution >= 4 is 11.8 Å². The zero-order valence-electron chi connectivity index (χ0n) is 15.2. The molecule has 25 heavy (non-hydrogen) atoms. The summed E-state index contributed by atoms with van der Waals surface area (Å²) in [7, 11) is 0. The molecule has 3 aliphatic rings. The van der Waals surface area contributed by atoms with E-state index in [1.807, 2.05) is 11.8 Å². The molecule has 142 valence electrons. The van der Waals surface area contributed by atoms with Crippen LogP contribution in [-0.4, -0.2) is 77.3 Å². The minimum atomic E-state index is -0.658. The maximum atomic E-state index is 12.6. The van der Waals surface area contributed by atoms with Gasteiger partial charge in [-0.25, -0.2) is 0 Å². The summed E-state index contributed by atoms with van der Waals surface area (Å²) in [5, 5.41) is 10.3. The van der Waals surface area contributed by atoms with Crippen LogP contribution in [0.25, 0.3) is 0 Å². The van der Waals surface area contributed by atoms with Gasteiger partial charge in [0.1, 0.15) is 0 Å². The van der Waals surface area contributed by atoms with Crippen LogP contribution in [0.5, 0.6) is 0 Å². The van der Waals surface area contributed by atoms with Crippen LogP contribution in [-0.2, 0) is 14.3 Å². The first kappa shape index (κ1) is 18.6. The van der Waals surface area contributed by atoms with Crippen molar-refractivity contribution in [2.45, 2.75) is 56.7 Å². The molecule has 3 fully saturated rings. The van der Waals surface area contributed by atoms with Crippen LogP contribution in [0, 0.1) is 5.92 Å². The normalized spacial score (nSPS) is 31.2. The number of aliphatic hydroxyl groups is 1. The monoisotopic (exact) mass is 353 g/mol. The fourth-order valence-electron chi connectivity index (χ4n) is 4.47. The first-order valence-corrected chi connectivity index (χ1v) is 9.44. The van der Waals surface area contributed by atoms with Gasteiger partial charge in [0.2, 0.25) is 11.8 Å². The fraction of sp³-hybridized carbons (Fsp3) is 0.889. The standard InChI is InChI=1S/C18H31N3O4/c1-17(24)6-11-25-18(13-17)4-9-21(10-5-18)15(22)12-20-7-2-14(3-8-20)16(19)23/h14,24H,2-13H2,1H3,(H2,19,23). The van der Waals surface area contributed by atoms with Crippen molar-refractivity contribution in [3.05, 3.63) is 0 Å². The van der Waals surface area contributed by atoms with Gasteiger partial charge in [-0.05, 0) is 52.1 Å². The van der Waals surface area contributed by atoms with Crippen molar-refractivity contribution < 1.29 is 19.4 Å². The molecule has 0 aromatic heterocycles. The molecule has 0 aromatic rings. The number of likely N-dealkylation sites (tertiary alicyclic amines) is 2. The van der Waals surface area contributed by atoms with Crippen molar-refractivity contribution in [1.29, 1.82) is 0 Å². The molecule has 3 rings (SSSR count). The van der Waals surface area contributed by atoms with E-state index in [0.29, 0.717) is 39.1 Å². The predicted molar refractivity (Wildman–Crippen MR) is 92.7 cm³/mol. The van der Waals surface area contributed by atoms with Gasteiger partial charge in [-0.3, -0.25) is 14.5 Å². The van der Waals surface area contributed by atoms with E-state index in [-0.39, 0.29) is 23.3 Å². The van der Waals surface area contributed by atoms with E-state index in [9.17, 15) is 14.7 Å². The third-order valence-electron chi connectivity index (χ3n) is 6.13. The summed E-state index contributed by atoms with van der Waals surface area (Å²) in [6.07, 6.45) is 4.40. The second-order valence-corrected chi connectivity index (χ2v) is 8.29. The number of nitrogens with two attached hydrogens (primary N) is 1. The molecule has 7 nitrogen and oxygen atoms in total. The Bertz CT molecular complexity index is 506. The maximum absolute atomic E-state index is 12.6. The lowest BCUT2D eigenvalue weighted by Gasteiger charge is -2.48. The molecule has 0 bridgehead atoms. The Hall–Kier alpha value is -1.18. The Balaban J connectivity index is 1.45. The molecule has 3 aliphatic heterocycles. The van der Waals surface area contributed by atoms with Gasteiger partial charge in [-0.15, -0.1) is 0 Å². The summed E-state index contributed by atoms with van der Waals surface area (Å²) in [5.41, 5.74) is 4.43. The predicted octanol–water partition coefficient (Wildman–Crippen LogP) is 0.106. The van der Waals surface area contributed by atoms with Gasteiger partial charge in [0.25, 0.3) is 0 Å². The van der Waals surface area contributed by atoms with Crippen LogP contribution < -0.4 is 5.73 Å². The number of primary amides is 1. The van der Waals surface area contributed by atoms with Crippen molar-refractivity contribution in [2.24, 2.45) is 11.7 Å². The number of hydrogen-bond acceptors (Lipinski definition) is 5. The number of hydrogen-bond donors (Lipinski definition) is 2. The molecule has 0 aliphatic carbocycles. The van der Waals surface area contributed by atoms with Crippen LogP contribution >= 0.6 is 0 Å². The van der Waals surface area contributed by atoms with E-state index >= 15 is 0 Å². The molecule has 0 saturated carbocycles. The van der Waals surface area contributed by atoms with Crippen LogP contribution in [0.2, 0.25) is 0 Å². The van der Waals surface area contributed by atoms with Gasteiger partial charge < -0.3 is 20.5 Å². The van der Waals surface area contributed by atoms with Crippen molar-refractivity contribution in [3.8, 4) is 0 Å². The molecule has 0 aromatic carbocycles. The zero-order chi connectivity index (χ0) is 18.1. The van der Waals surface area contributed by atoms with Crippen molar-refractivity contribution in [1.82, 2.24) is 9.80 Å². The number of rotatable bonds is 3. The lowest BCUT2D eigenvalue weighted by Crippen LogP contribution is -2.55. The topological polar surface area (TPSA) is 96.1 Å². The van der Waals surface area contributed by atoms with Crippen LogP contribution in [0.4, 0.5) is 0 Å². The largest absolute Gasteiger partial charge is 0.390 e. The van der Waals surface area contributed by atoms with Crippen molar-refractivity contribution in [2.75, 3.05) is 39.3 Å². The number of carbonyl (C=O) groups is 2. The highest BCUT2D eigenvalue weighted by molar-refractivity contribution is 5.79. The minimum Gasteiger partial charge on any atom is -0.390 e. The Morgan fingerprint density at radius 2 is 1.80 bits per heavy atom. The Labute approximate surface area is 149 Å². The molecule has 3 heterocycles. The highest BCUT2D eigenvalue weighted by Crippen LogP contribution is 2.39. The van der Waals surface area contributed by atoms with Gasteiger partial charge in [-0.1, -0.05) is 0 Å². The number of ether oxygens (including phenoxy) is 1. The van der Waals surface area contributed by atoms with E-state index < -0.39 is 5.60 Å². The first-order chi connectivity index (χ1) is 11.8. The van der Waals surface area contributed by atoms with Gasteiger partial charge in [-0.2, -0.15) is 0 Å². The molecule has 0 radical (unpaired) electrons. The summed E-state index contributed by atoms with van der Waals surface area (Å²) in [4.78, 5) is 27.8. The summed E-state index contributed by atoms with van der Waals surface area (Å²) in [6, 6.07) is 0. The summed E-state index contributed by atoms with van der Waals surface area (Å²) >= 11 is 0. The van der Waals surface area contributed by atoms with E-state index in [0.717, 1.165) is 38.8 Å². The van der Waals surface area contributed by atoms with E-state index in [1.54, 1.807) is 0 Å². The second-order valence-electron chi connectivity index (χ2n) is 8.29. The van der Waals surface area contributed by atoms with Crippen LogP contribution in [0.3, 0.4) is 0 Å². The lowest BCUT2D eigenvalue weighted by molar-refractivity contribution is -0.175. The third kappa shape index (κ3) is 4.51. The number of piperidine rings is 2. The Morgan fingerprint density at radius 3 is 2.36 bits per heavy atom. The number of nitrogens with zero attached hydrogens (tertiary/aromatic N) is 2. The van der Waals surface area contributed by atoms with E-state index in [4.69, 9.17) is 10.5 Å². The second kappa shape index (κ2) is 7.21. The third-order valence-corrected chi connectivity index (χ3v) is 6.13. The summed E-state index contributed by atoms with van der Waals surface area (Å²) in [5.74, 6) is -0.122. The zero-order valence-corrected chi connectivity index (χ0v) is 15.2. The molecule has 3 N–H and O–H groups in total. The van der Waals surface area contributed by atoms with Gasteiger partial charge in [0.05, 0.1) is 24.4 Å². The number of carbonyl (C=O) groups excluding carboxylic acids is 2. The van der Waals surface area contributed by atoms with E-state index in [1.165, 1.54) is 0 Å². The first-order valence-electron chi connectivity index (χ1n) is 9.44. The SMILES string of the molecule is CC1(O)CCOC2(CCN(C(=O)CN3CCC(C(N)=O)CC3)CC2)C1. The van der Waals surface area contributed by atoms with Gasteiger partial charge >= 0.3 is 0 Å². The van der Waals surface area contributed by atoms with Crippen LogP contribution in [0.15, 0.2) is 0 Å². The molecule has 2 amide bonds. The smallest absolute Gasteiger partial charge is 0.236 e. The maximum Gasteiger partial charge on any atom is 0.236 e. The molecule has 3 saturated heterocycles. The highest BCUT2D eigenvalue weighted by Gasteiger charge is 2.45. The summed E-state index contributed by atoms with van der Waals surface area (Å²) < 4.78 is 6.00. The Kier molecular flexibility index (Phi) is 5.37. The van der Waals surface area contributed by atoms with Gasteiger partial charge in [0.15, 0.2) is 0 Å². The van der Waals surface area contributed by atoms with Crippen LogP contribution in [0.1, 0.15) is 45.4 Å². The molecular formula is C18H31N3O4. The lowest BCUT2D eigenvalue weighted by atomic mass is 9.78. The molecular weight excluding hydrogens is 322 g/mol. The fourth-order valence-corrected chi connectivity index (χ4v) is 4.47. The minimum absolute atomic E-state index is 0.0440.